The normalized spacial score (nSPS) is 31.1. The van der Waals surface area contributed by atoms with Crippen LogP contribution in [0.1, 0.15) is 25.8 Å². The average molecular weight is 422 g/mol. The van der Waals surface area contributed by atoms with E-state index >= 15 is 0 Å². The molecule has 0 radical (unpaired) electrons. The zero-order valence-corrected chi connectivity index (χ0v) is 18.0. The molecule has 28 heavy (non-hydrogen) atoms. The van der Waals surface area contributed by atoms with Crippen molar-refractivity contribution < 1.29 is 9.59 Å². The van der Waals surface area contributed by atoms with E-state index in [1.54, 1.807) is 18.0 Å². The first-order valence-electron chi connectivity index (χ1n) is 9.38. The maximum absolute atomic E-state index is 13.2. The molecule has 4 heterocycles. The largest absolute Gasteiger partial charge is 0.355 e. The van der Waals surface area contributed by atoms with E-state index in [1.807, 2.05) is 38.3 Å². The van der Waals surface area contributed by atoms with Gasteiger partial charge >= 0.3 is 0 Å². The Morgan fingerprint density at radius 3 is 2.61 bits per heavy atom. The van der Waals surface area contributed by atoms with Crippen molar-refractivity contribution in [2.24, 2.45) is 11.8 Å². The number of benzene rings is 1. The lowest BCUT2D eigenvalue weighted by atomic mass is 9.75. The summed E-state index contributed by atoms with van der Waals surface area (Å²) in [5.74, 6) is -0.588. The molecule has 4 atom stereocenters. The van der Waals surface area contributed by atoms with E-state index in [0.29, 0.717) is 10.7 Å². The average Bonchev–Trinajstić information content (AvgIpc) is 3.41. The van der Waals surface area contributed by atoms with Crippen LogP contribution in [0, 0.1) is 11.8 Å². The van der Waals surface area contributed by atoms with Gasteiger partial charge in [0, 0.05) is 47.4 Å². The Bertz CT molecular complexity index is 869. The van der Waals surface area contributed by atoms with Crippen molar-refractivity contribution in [1.29, 1.82) is 0 Å². The van der Waals surface area contributed by atoms with Gasteiger partial charge in [-0.1, -0.05) is 38.1 Å². The molecule has 1 aromatic rings. The minimum Gasteiger partial charge on any atom is -0.355 e. The third kappa shape index (κ3) is 2.39. The van der Waals surface area contributed by atoms with E-state index < -0.39 is 5.54 Å². The van der Waals surface area contributed by atoms with Gasteiger partial charge in [-0.3, -0.25) is 9.59 Å². The highest BCUT2D eigenvalue weighted by Gasteiger charge is 2.71. The van der Waals surface area contributed by atoms with Gasteiger partial charge in [0.05, 0.1) is 5.92 Å². The number of likely N-dealkylation sites (tertiary alicyclic amines) is 1. The molecule has 5 rings (SSSR count). The molecule has 150 valence electrons. The quantitative estimate of drug-likeness (QED) is 0.638. The summed E-state index contributed by atoms with van der Waals surface area (Å²) in [5, 5.41) is 3.57. The molecule has 2 fully saturated rings. The number of hydrogen-bond acceptors (Lipinski definition) is 3. The van der Waals surface area contributed by atoms with Crippen LogP contribution in [0.3, 0.4) is 0 Å². The molecule has 5 nitrogen and oxygen atoms in total. The predicted octanol–water partition coefficient (Wildman–Crippen LogP) is 4.19. The molecule has 0 aliphatic carbocycles. The van der Waals surface area contributed by atoms with E-state index in [0.717, 1.165) is 17.7 Å². The molecule has 4 aliphatic rings. The number of halogens is 2. The molecule has 2 saturated heterocycles. The summed E-state index contributed by atoms with van der Waals surface area (Å²) in [6, 6.07) is 5.43. The number of hydrogen-bond donors (Lipinski definition) is 1. The number of amides is 2. The zero-order valence-electron chi connectivity index (χ0n) is 16.5. The predicted molar refractivity (Wildman–Crippen MR) is 113 cm³/mol. The van der Waals surface area contributed by atoms with Crippen molar-refractivity contribution in [2.45, 2.75) is 31.8 Å². The summed E-state index contributed by atoms with van der Waals surface area (Å²) in [7, 11) is 1.75. The molecule has 2 amide bonds. The minimum absolute atomic E-state index is 0.0140. The Morgan fingerprint density at radius 2 is 1.93 bits per heavy atom. The SMILES string of the molecule is C=C1[C@H]2[C@@H](C(=O)N1C)[C@H]1CC=CN1[C@]21C(=O)Nc2ccc(Cl)cc21.CC.CCl. The van der Waals surface area contributed by atoms with Crippen molar-refractivity contribution in [3.8, 4) is 0 Å². The van der Waals surface area contributed by atoms with E-state index in [2.05, 4.69) is 28.4 Å². The van der Waals surface area contributed by atoms with E-state index in [-0.39, 0.29) is 29.7 Å². The summed E-state index contributed by atoms with van der Waals surface area (Å²) in [5.41, 5.74) is 1.36. The van der Waals surface area contributed by atoms with Gasteiger partial charge in [0.1, 0.15) is 0 Å². The molecule has 0 bridgehead atoms. The van der Waals surface area contributed by atoms with Crippen molar-refractivity contribution in [3.05, 3.63) is 53.3 Å². The van der Waals surface area contributed by atoms with Crippen LogP contribution in [-0.4, -0.2) is 41.1 Å². The second-order valence-corrected chi connectivity index (χ2v) is 7.33. The van der Waals surface area contributed by atoms with Crippen molar-refractivity contribution in [1.82, 2.24) is 9.80 Å². The summed E-state index contributed by atoms with van der Waals surface area (Å²) < 4.78 is 0. The van der Waals surface area contributed by atoms with Crippen LogP contribution in [0.4, 0.5) is 5.69 Å². The van der Waals surface area contributed by atoms with Crippen LogP contribution in [0.2, 0.25) is 5.02 Å². The van der Waals surface area contributed by atoms with Crippen molar-refractivity contribution in [2.75, 3.05) is 18.7 Å². The Hall–Kier alpha value is -1.98. The third-order valence-corrected chi connectivity index (χ3v) is 6.26. The first kappa shape index (κ1) is 20.7. The van der Waals surface area contributed by atoms with Crippen LogP contribution in [0.5, 0.6) is 0 Å². The summed E-state index contributed by atoms with van der Waals surface area (Å²) in [6.07, 6.45) is 6.23. The number of nitrogens with zero attached hydrogens (tertiary/aromatic N) is 2. The number of anilines is 1. The van der Waals surface area contributed by atoms with Gasteiger partial charge in [0.25, 0.3) is 5.91 Å². The molecule has 1 N–H and O–H groups in total. The molecule has 0 aromatic heterocycles. The first-order valence-corrected chi connectivity index (χ1v) is 10.5. The Labute approximate surface area is 176 Å². The van der Waals surface area contributed by atoms with E-state index in [4.69, 9.17) is 11.6 Å². The van der Waals surface area contributed by atoms with Crippen LogP contribution in [-0.2, 0) is 15.1 Å². The van der Waals surface area contributed by atoms with Gasteiger partial charge in [-0.25, -0.2) is 0 Å². The first-order chi connectivity index (χ1) is 13.5. The fourth-order valence-electron chi connectivity index (χ4n) is 5.05. The van der Waals surface area contributed by atoms with Crippen molar-refractivity contribution >= 4 is 40.7 Å². The number of alkyl halides is 1. The Morgan fingerprint density at radius 1 is 1.25 bits per heavy atom. The smallest absolute Gasteiger partial charge is 0.255 e. The maximum atomic E-state index is 13.2. The molecular formula is C21H25Cl2N3O2. The highest BCUT2D eigenvalue weighted by atomic mass is 35.5. The monoisotopic (exact) mass is 421 g/mol. The lowest BCUT2D eigenvalue weighted by molar-refractivity contribution is -0.130. The van der Waals surface area contributed by atoms with Crippen LogP contribution in [0.15, 0.2) is 42.8 Å². The van der Waals surface area contributed by atoms with Crippen LogP contribution < -0.4 is 5.32 Å². The highest BCUT2D eigenvalue weighted by Crippen LogP contribution is 2.62. The van der Waals surface area contributed by atoms with Crippen LogP contribution in [0.25, 0.3) is 0 Å². The summed E-state index contributed by atoms with van der Waals surface area (Å²) in [4.78, 5) is 29.7. The Kier molecular flexibility index (Phi) is 5.52. The topological polar surface area (TPSA) is 52.7 Å². The lowest BCUT2D eigenvalue weighted by Crippen LogP contribution is -2.50. The lowest BCUT2D eigenvalue weighted by Gasteiger charge is -2.38. The van der Waals surface area contributed by atoms with Crippen LogP contribution >= 0.6 is 23.2 Å². The molecule has 4 aliphatic heterocycles. The molecular weight excluding hydrogens is 397 g/mol. The second kappa shape index (κ2) is 7.45. The second-order valence-electron chi connectivity index (χ2n) is 6.90. The van der Waals surface area contributed by atoms with Gasteiger partial charge in [-0.2, -0.15) is 0 Å². The van der Waals surface area contributed by atoms with Gasteiger partial charge in [-0.15, -0.1) is 11.6 Å². The molecule has 0 saturated carbocycles. The standard InChI is InChI=1S/C18H16ClN3O2.C2H6.CH3Cl/c1-9-15-14(16(23)21(9)2)13-4-3-7-22(13)18(15)11-8-10(19)5-6-12(11)20-17(18)24;2*1-2/h3,5-8,13-15H,1,4H2,2H3,(H,20,24);1-2H3;1H3/t13-,14+,15+,18+;;/m1../s1. The summed E-state index contributed by atoms with van der Waals surface area (Å²) in [6.45, 7) is 8.15. The third-order valence-electron chi connectivity index (χ3n) is 6.02. The number of carbonyl (C=O) groups is 2. The zero-order chi connectivity index (χ0) is 20.8. The summed E-state index contributed by atoms with van der Waals surface area (Å²) >= 11 is 10.9. The minimum atomic E-state index is -0.944. The van der Waals surface area contributed by atoms with Gasteiger partial charge < -0.3 is 15.1 Å². The van der Waals surface area contributed by atoms with Crippen molar-refractivity contribution in [3.63, 3.8) is 0 Å². The molecule has 1 aromatic carbocycles. The number of carbonyl (C=O) groups excluding carboxylic acids is 2. The fourth-order valence-corrected chi connectivity index (χ4v) is 5.23. The van der Waals surface area contributed by atoms with E-state index in [9.17, 15) is 9.59 Å². The molecule has 7 heteroatoms. The Balaban J connectivity index is 0.000000531. The molecule has 0 unspecified atom stereocenters. The maximum Gasteiger partial charge on any atom is 0.255 e. The van der Waals surface area contributed by atoms with Gasteiger partial charge in [0.15, 0.2) is 5.54 Å². The highest BCUT2D eigenvalue weighted by molar-refractivity contribution is 6.31. The van der Waals surface area contributed by atoms with Gasteiger partial charge in [-0.05, 0) is 30.8 Å². The molecule has 1 spiro atoms. The van der Waals surface area contributed by atoms with Gasteiger partial charge in [0.2, 0.25) is 5.91 Å². The van der Waals surface area contributed by atoms with E-state index in [1.165, 1.54) is 6.38 Å². The number of fused-ring (bicyclic) bond motifs is 7. The number of rotatable bonds is 0. The number of nitrogens with one attached hydrogen (secondary N) is 1. The fraction of sp³-hybridized carbons (Fsp3) is 0.429.